The number of ketones is 1. The fourth-order valence-corrected chi connectivity index (χ4v) is 1.61. The SMILES string of the molecule is CCCN(CC)C1=CC(=O)CC1. The molecular formula is C10H17NO. The van der Waals surface area contributed by atoms with Crippen molar-refractivity contribution in [3.05, 3.63) is 11.8 Å². The second-order valence-electron chi connectivity index (χ2n) is 3.18. The summed E-state index contributed by atoms with van der Waals surface area (Å²) in [6.07, 6.45) is 4.63. The highest BCUT2D eigenvalue weighted by atomic mass is 16.1. The highest BCUT2D eigenvalue weighted by Crippen LogP contribution is 2.18. The van der Waals surface area contributed by atoms with Gasteiger partial charge in [0.1, 0.15) is 0 Å². The van der Waals surface area contributed by atoms with E-state index in [0.29, 0.717) is 5.78 Å². The lowest BCUT2D eigenvalue weighted by atomic mass is 10.3. The first kappa shape index (κ1) is 9.30. The number of carbonyl (C=O) groups excluding carboxylic acids is 1. The van der Waals surface area contributed by atoms with Crippen LogP contribution in [0.2, 0.25) is 0 Å². The Labute approximate surface area is 74.2 Å². The summed E-state index contributed by atoms with van der Waals surface area (Å²) in [6.45, 7) is 6.40. The molecule has 0 fully saturated rings. The van der Waals surface area contributed by atoms with Gasteiger partial charge in [-0.25, -0.2) is 0 Å². The van der Waals surface area contributed by atoms with Crippen molar-refractivity contribution in [3.8, 4) is 0 Å². The van der Waals surface area contributed by atoms with Gasteiger partial charge in [0, 0.05) is 31.3 Å². The molecule has 0 aromatic heterocycles. The van der Waals surface area contributed by atoms with Gasteiger partial charge in [-0.05, 0) is 19.8 Å². The van der Waals surface area contributed by atoms with Crippen molar-refractivity contribution < 1.29 is 4.79 Å². The molecule has 0 amide bonds. The summed E-state index contributed by atoms with van der Waals surface area (Å²) in [4.78, 5) is 13.3. The number of allylic oxidation sites excluding steroid dienone is 2. The van der Waals surface area contributed by atoms with Crippen LogP contribution in [0.25, 0.3) is 0 Å². The number of rotatable bonds is 4. The van der Waals surface area contributed by atoms with Crippen molar-refractivity contribution >= 4 is 5.78 Å². The van der Waals surface area contributed by atoms with Crippen molar-refractivity contribution in [3.63, 3.8) is 0 Å². The number of hydrogen-bond acceptors (Lipinski definition) is 2. The molecule has 0 aromatic carbocycles. The van der Waals surface area contributed by atoms with E-state index >= 15 is 0 Å². The molecule has 0 spiro atoms. The fourth-order valence-electron chi connectivity index (χ4n) is 1.61. The minimum atomic E-state index is 0.291. The Morgan fingerprint density at radius 3 is 2.58 bits per heavy atom. The van der Waals surface area contributed by atoms with Crippen molar-refractivity contribution in [1.29, 1.82) is 0 Å². The van der Waals surface area contributed by atoms with E-state index in [2.05, 4.69) is 18.7 Å². The normalized spacial score (nSPS) is 16.5. The predicted molar refractivity (Wildman–Crippen MR) is 49.9 cm³/mol. The molecular weight excluding hydrogens is 150 g/mol. The zero-order valence-electron chi connectivity index (χ0n) is 7.97. The molecule has 68 valence electrons. The number of carbonyl (C=O) groups is 1. The Hall–Kier alpha value is -0.790. The first-order valence-corrected chi connectivity index (χ1v) is 4.76. The monoisotopic (exact) mass is 167 g/mol. The third-order valence-electron chi connectivity index (χ3n) is 2.24. The van der Waals surface area contributed by atoms with Crippen LogP contribution in [0.3, 0.4) is 0 Å². The van der Waals surface area contributed by atoms with Gasteiger partial charge in [-0.15, -0.1) is 0 Å². The van der Waals surface area contributed by atoms with Gasteiger partial charge in [0.2, 0.25) is 0 Å². The van der Waals surface area contributed by atoms with Crippen molar-refractivity contribution in [2.24, 2.45) is 0 Å². The summed E-state index contributed by atoms with van der Waals surface area (Å²) in [6, 6.07) is 0. The first-order chi connectivity index (χ1) is 5.77. The van der Waals surface area contributed by atoms with Crippen molar-refractivity contribution in [2.45, 2.75) is 33.1 Å². The van der Waals surface area contributed by atoms with Gasteiger partial charge in [0.15, 0.2) is 5.78 Å². The van der Waals surface area contributed by atoms with E-state index in [4.69, 9.17) is 0 Å². The minimum absolute atomic E-state index is 0.291. The highest BCUT2D eigenvalue weighted by molar-refractivity contribution is 5.92. The summed E-state index contributed by atoms with van der Waals surface area (Å²) in [7, 11) is 0. The van der Waals surface area contributed by atoms with Gasteiger partial charge in [0.05, 0.1) is 0 Å². The molecule has 0 radical (unpaired) electrons. The molecule has 0 saturated heterocycles. The topological polar surface area (TPSA) is 20.3 Å². The quantitative estimate of drug-likeness (QED) is 0.638. The Balaban J connectivity index is 2.54. The number of hydrogen-bond donors (Lipinski definition) is 0. The maximum Gasteiger partial charge on any atom is 0.157 e. The van der Waals surface area contributed by atoms with Gasteiger partial charge in [-0.3, -0.25) is 4.79 Å². The molecule has 0 aliphatic heterocycles. The summed E-state index contributed by atoms with van der Waals surface area (Å²) < 4.78 is 0. The Morgan fingerprint density at radius 2 is 2.17 bits per heavy atom. The van der Waals surface area contributed by atoms with Crippen LogP contribution in [0.4, 0.5) is 0 Å². The molecule has 0 heterocycles. The predicted octanol–water partition coefficient (Wildman–Crippen LogP) is 1.97. The van der Waals surface area contributed by atoms with Gasteiger partial charge >= 0.3 is 0 Å². The maximum absolute atomic E-state index is 11.0. The lowest BCUT2D eigenvalue weighted by molar-refractivity contribution is -0.114. The van der Waals surface area contributed by atoms with Crippen molar-refractivity contribution in [2.75, 3.05) is 13.1 Å². The first-order valence-electron chi connectivity index (χ1n) is 4.76. The summed E-state index contributed by atoms with van der Waals surface area (Å²) in [5.74, 6) is 0.291. The van der Waals surface area contributed by atoms with Gasteiger partial charge < -0.3 is 4.90 Å². The van der Waals surface area contributed by atoms with E-state index in [0.717, 1.165) is 32.4 Å². The van der Waals surface area contributed by atoms with Crippen LogP contribution in [0.1, 0.15) is 33.1 Å². The molecule has 1 aliphatic carbocycles. The van der Waals surface area contributed by atoms with E-state index in [9.17, 15) is 4.79 Å². The van der Waals surface area contributed by atoms with Gasteiger partial charge in [0.25, 0.3) is 0 Å². The molecule has 0 bridgehead atoms. The molecule has 0 unspecified atom stereocenters. The minimum Gasteiger partial charge on any atom is -0.375 e. The second kappa shape index (κ2) is 4.29. The van der Waals surface area contributed by atoms with Crippen LogP contribution in [0.5, 0.6) is 0 Å². The van der Waals surface area contributed by atoms with E-state index < -0.39 is 0 Å². The zero-order chi connectivity index (χ0) is 8.97. The van der Waals surface area contributed by atoms with E-state index in [1.54, 1.807) is 6.08 Å². The van der Waals surface area contributed by atoms with Crippen LogP contribution in [0.15, 0.2) is 11.8 Å². The largest absolute Gasteiger partial charge is 0.375 e. The second-order valence-corrected chi connectivity index (χ2v) is 3.18. The average molecular weight is 167 g/mol. The van der Waals surface area contributed by atoms with Gasteiger partial charge in [-0.1, -0.05) is 6.92 Å². The molecule has 0 atom stereocenters. The Kier molecular flexibility index (Phi) is 3.32. The highest BCUT2D eigenvalue weighted by Gasteiger charge is 2.15. The van der Waals surface area contributed by atoms with Crippen LogP contribution in [0, 0.1) is 0 Å². The van der Waals surface area contributed by atoms with E-state index in [1.165, 1.54) is 5.70 Å². The molecule has 0 aromatic rings. The van der Waals surface area contributed by atoms with E-state index in [1.807, 2.05) is 0 Å². The van der Waals surface area contributed by atoms with Crippen LogP contribution in [-0.4, -0.2) is 23.8 Å². The molecule has 12 heavy (non-hydrogen) atoms. The molecule has 2 heteroatoms. The maximum atomic E-state index is 11.0. The van der Waals surface area contributed by atoms with E-state index in [-0.39, 0.29) is 0 Å². The molecule has 1 rings (SSSR count). The molecule has 2 nitrogen and oxygen atoms in total. The summed E-state index contributed by atoms with van der Waals surface area (Å²) in [5, 5.41) is 0. The van der Waals surface area contributed by atoms with Crippen LogP contribution < -0.4 is 0 Å². The summed E-state index contributed by atoms with van der Waals surface area (Å²) in [5.41, 5.74) is 1.24. The Morgan fingerprint density at radius 1 is 1.42 bits per heavy atom. The van der Waals surface area contributed by atoms with Crippen molar-refractivity contribution in [1.82, 2.24) is 4.90 Å². The lowest BCUT2D eigenvalue weighted by Gasteiger charge is -2.23. The van der Waals surface area contributed by atoms with Crippen LogP contribution >= 0.6 is 0 Å². The summed E-state index contributed by atoms with van der Waals surface area (Å²) >= 11 is 0. The number of nitrogens with zero attached hydrogens (tertiary/aromatic N) is 1. The van der Waals surface area contributed by atoms with Crippen LogP contribution in [-0.2, 0) is 4.79 Å². The molecule has 0 N–H and O–H groups in total. The van der Waals surface area contributed by atoms with Gasteiger partial charge in [-0.2, -0.15) is 0 Å². The molecule has 0 saturated carbocycles. The Bertz CT molecular complexity index is 196. The smallest absolute Gasteiger partial charge is 0.157 e. The average Bonchev–Trinajstić information content (AvgIpc) is 2.47. The lowest BCUT2D eigenvalue weighted by Crippen LogP contribution is -2.22. The molecule has 1 aliphatic rings. The fraction of sp³-hybridized carbons (Fsp3) is 0.700. The third-order valence-corrected chi connectivity index (χ3v) is 2.24. The standard InChI is InChI=1S/C10H17NO/c1-3-7-11(4-2)9-5-6-10(12)8-9/h8H,3-7H2,1-2H3. The zero-order valence-corrected chi connectivity index (χ0v) is 7.97. The third kappa shape index (κ3) is 2.10.